The zero-order valence-corrected chi connectivity index (χ0v) is 8.74. The van der Waals surface area contributed by atoms with Gasteiger partial charge in [-0.25, -0.2) is 4.79 Å². The van der Waals surface area contributed by atoms with Crippen molar-refractivity contribution in [2.75, 3.05) is 13.2 Å². The van der Waals surface area contributed by atoms with Crippen LogP contribution in [0.25, 0.3) is 0 Å². The molecule has 0 saturated heterocycles. The van der Waals surface area contributed by atoms with Crippen LogP contribution in [0.3, 0.4) is 0 Å². The summed E-state index contributed by atoms with van der Waals surface area (Å²) in [5.41, 5.74) is 0. The first-order valence-corrected chi connectivity index (χ1v) is 5.20. The molecule has 0 bridgehead atoms. The largest absolute Gasteiger partial charge is 0.462 e. The smallest absolute Gasteiger partial charge is 0.330 e. The van der Waals surface area contributed by atoms with E-state index in [1.165, 1.54) is 0 Å². The standard InChI is InChI=1S/C11H16O4/c1-2-10(12)14-7-8-15-11(13)9-5-3-4-6-9/h2,9H,1,3-8H2. The highest BCUT2D eigenvalue weighted by molar-refractivity contribution is 5.81. The zero-order valence-electron chi connectivity index (χ0n) is 8.74. The molecule has 0 aliphatic heterocycles. The lowest BCUT2D eigenvalue weighted by atomic mass is 10.1. The molecular formula is C11H16O4. The van der Waals surface area contributed by atoms with Crippen molar-refractivity contribution < 1.29 is 19.1 Å². The molecule has 0 spiro atoms. The molecule has 15 heavy (non-hydrogen) atoms. The minimum absolute atomic E-state index is 0.0557. The summed E-state index contributed by atoms with van der Waals surface area (Å²) in [6.07, 6.45) is 5.13. The Morgan fingerprint density at radius 3 is 2.40 bits per heavy atom. The minimum atomic E-state index is -0.494. The Balaban J connectivity index is 2.06. The van der Waals surface area contributed by atoms with Crippen LogP contribution in [0.4, 0.5) is 0 Å². The fourth-order valence-corrected chi connectivity index (χ4v) is 1.62. The van der Waals surface area contributed by atoms with Crippen LogP contribution in [-0.2, 0) is 19.1 Å². The van der Waals surface area contributed by atoms with Crippen LogP contribution in [0.5, 0.6) is 0 Å². The van der Waals surface area contributed by atoms with E-state index in [4.69, 9.17) is 4.74 Å². The average Bonchev–Trinajstić information content (AvgIpc) is 2.77. The summed E-state index contributed by atoms with van der Waals surface area (Å²) in [6, 6.07) is 0. The first-order chi connectivity index (χ1) is 7.24. The second-order valence-electron chi connectivity index (χ2n) is 3.52. The molecule has 0 amide bonds. The lowest BCUT2D eigenvalue weighted by Crippen LogP contribution is -2.18. The molecular weight excluding hydrogens is 196 g/mol. The molecule has 84 valence electrons. The molecule has 4 nitrogen and oxygen atoms in total. The van der Waals surface area contributed by atoms with Gasteiger partial charge >= 0.3 is 11.9 Å². The molecule has 0 aromatic rings. The molecule has 0 aromatic carbocycles. The summed E-state index contributed by atoms with van der Waals surface area (Å²) >= 11 is 0. The Labute approximate surface area is 89.2 Å². The van der Waals surface area contributed by atoms with Gasteiger partial charge < -0.3 is 9.47 Å². The Bertz CT molecular complexity index is 241. The van der Waals surface area contributed by atoms with Crippen molar-refractivity contribution in [2.45, 2.75) is 25.7 Å². The first kappa shape index (κ1) is 11.8. The van der Waals surface area contributed by atoms with Crippen molar-refractivity contribution >= 4 is 11.9 Å². The lowest BCUT2D eigenvalue weighted by molar-refractivity contribution is -0.153. The van der Waals surface area contributed by atoms with E-state index >= 15 is 0 Å². The van der Waals surface area contributed by atoms with Gasteiger partial charge in [-0.1, -0.05) is 19.4 Å². The number of hydrogen-bond acceptors (Lipinski definition) is 4. The maximum atomic E-state index is 11.4. The molecule has 0 aromatic heterocycles. The van der Waals surface area contributed by atoms with Crippen LogP contribution in [0.1, 0.15) is 25.7 Å². The Morgan fingerprint density at radius 2 is 1.80 bits per heavy atom. The monoisotopic (exact) mass is 212 g/mol. The summed E-state index contributed by atoms with van der Waals surface area (Å²) < 4.78 is 9.64. The molecule has 1 fully saturated rings. The van der Waals surface area contributed by atoms with Gasteiger partial charge in [0.05, 0.1) is 5.92 Å². The highest BCUT2D eigenvalue weighted by Crippen LogP contribution is 2.25. The van der Waals surface area contributed by atoms with Crippen LogP contribution >= 0.6 is 0 Å². The zero-order chi connectivity index (χ0) is 11.1. The van der Waals surface area contributed by atoms with Gasteiger partial charge in [-0.2, -0.15) is 0 Å². The number of carbonyl (C=O) groups excluding carboxylic acids is 2. The Hall–Kier alpha value is -1.32. The minimum Gasteiger partial charge on any atom is -0.462 e. The molecule has 1 aliphatic rings. The molecule has 4 heteroatoms. The van der Waals surface area contributed by atoms with Crippen LogP contribution in [0.15, 0.2) is 12.7 Å². The average molecular weight is 212 g/mol. The summed E-state index contributed by atoms with van der Waals surface area (Å²) in [6.45, 7) is 3.49. The van der Waals surface area contributed by atoms with Crippen molar-refractivity contribution in [1.82, 2.24) is 0 Å². The fraction of sp³-hybridized carbons (Fsp3) is 0.636. The summed E-state index contributed by atoms with van der Waals surface area (Å²) in [5.74, 6) is -0.603. The van der Waals surface area contributed by atoms with E-state index in [2.05, 4.69) is 11.3 Å². The van der Waals surface area contributed by atoms with Crippen LogP contribution in [-0.4, -0.2) is 25.2 Å². The van der Waals surface area contributed by atoms with Crippen LogP contribution < -0.4 is 0 Å². The van der Waals surface area contributed by atoms with Gasteiger partial charge in [0.2, 0.25) is 0 Å². The van der Waals surface area contributed by atoms with E-state index in [1.54, 1.807) is 0 Å². The summed E-state index contributed by atoms with van der Waals surface area (Å²) in [5, 5.41) is 0. The maximum Gasteiger partial charge on any atom is 0.330 e. The second-order valence-corrected chi connectivity index (χ2v) is 3.52. The number of hydrogen-bond donors (Lipinski definition) is 0. The number of esters is 2. The second kappa shape index (κ2) is 6.22. The van der Waals surface area contributed by atoms with E-state index in [0.29, 0.717) is 0 Å². The van der Waals surface area contributed by atoms with Crippen LogP contribution in [0.2, 0.25) is 0 Å². The van der Waals surface area contributed by atoms with Crippen molar-refractivity contribution in [2.24, 2.45) is 5.92 Å². The van der Waals surface area contributed by atoms with E-state index < -0.39 is 5.97 Å². The molecule has 0 N–H and O–H groups in total. The lowest BCUT2D eigenvalue weighted by Gasteiger charge is -2.09. The van der Waals surface area contributed by atoms with E-state index in [9.17, 15) is 9.59 Å². The van der Waals surface area contributed by atoms with E-state index in [1.807, 2.05) is 0 Å². The Kier molecular flexibility index (Phi) is 4.87. The van der Waals surface area contributed by atoms with E-state index in [0.717, 1.165) is 31.8 Å². The quantitative estimate of drug-likeness (QED) is 0.393. The van der Waals surface area contributed by atoms with Crippen molar-refractivity contribution in [3.05, 3.63) is 12.7 Å². The molecule has 1 rings (SSSR count). The van der Waals surface area contributed by atoms with E-state index in [-0.39, 0.29) is 25.1 Å². The number of ether oxygens (including phenoxy) is 2. The number of carbonyl (C=O) groups is 2. The molecule has 1 aliphatic carbocycles. The topological polar surface area (TPSA) is 52.6 Å². The van der Waals surface area contributed by atoms with Gasteiger partial charge in [-0.15, -0.1) is 0 Å². The van der Waals surface area contributed by atoms with Crippen LogP contribution in [0, 0.1) is 5.92 Å². The Morgan fingerprint density at radius 1 is 1.20 bits per heavy atom. The molecule has 0 radical (unpaired) electrons. The maximum absolute atomic E-state index is 11.4. The molecule has 1 saturated carbocycles. The van der Waals surface area contributed by atoms with Gasteiger partial charge in [-0.05, 0) is 12.8 Å². The van der Waals surface area contributed by atoms with Crippen molar-refractivity contribution in [3.8, 4) is 0 Å². The van der Waals surface area contributed by atoms with Gasteiger partial charge in [0.15, 0.2) is 0 Å². The first-order valence-electron chi connectivity index (χ1n) is 5.20. The third-order valence-corrected chi connectivity index (χ3v) is 2.43. The normalized spacial score (nSPS) is 16.0. The van der Waals surface area contributed by atoms with Crippen molar-refractivity contribution in [3.63, 3.8) is 0 Å². The SMILES string of the molecule is C=CC(=O)OCCOC(=O)C1CCCC1. The molecule has 0 atom stereocenters. The summed E-state index contributed by atoms with van der Waals surface area (Å²) in [7, 11) is 0. The van der Waals surface area contributed by atoms with Gasteiger partial charge in [0.1, 0.15) is 13.2 Å². The predicted octanol–water partition coefficient (Wildman–Crippen LogP) is 1.45. The van der Waals surface area contributed by atoms with Crippen molar-refractivity contribution in [1.29, 1.82) is 0 Å². The third-order valence-electron chi connectivity index (χ3n) is 2.43. The molecule has 0 unspecified atom stereocenters. The highest BCUT2D eigenvalue weighted by Gasteiger charge is 2.23. The summed E-state index contributed by atoms with van der Waals surface area (Å²) in [4.78, 5) is 22.0. The van der Waals surface area contributed by atoms with Gasteiger partial charge in [0.25, 0.3) is 0 Å². The number of rotatable bonds is 5. The predicted molar refractivity (Wildman–Crippen MR) is 54.1 cm³/mol. The third kappa shape index (κ3) is 4.14. The highest BCUT2D eigenvalue weighted by atomic mass is 16.6. The van der Waals surface area contributed by atoms with Gasteiger partial charge in [-0.3, -0.25) is 4.79 Å². The van der Waals surface area contributed by atoms with Gasteiger partial charge in [0, 0.05) is 6.08 Å². The fourth-order valence-electron chi connectivity index (χ4n) is 1.62. The molecule has 0 heterocycles.